The van der Waals surface area contributed by atoms with E-state index < -0.39 is 0 Å². The molecular formula is C15H20BrFN2. The molecule has 3 unspecified atom stereocenters. The molecule has 2 heterocycles. The molecule has 2 aliphatic rings. The van der Waals surface area contributed by atoms with E-state index in [2.05, 4.69) is 33.1 Å². The average Bonchev–Trinajstić information content (AvgIpc) is 2.92. The zero-order valence-electron chi connectivity index (χ0n) is 11.2. The van der Waals surface area contributed by atoms with E-state index in [9.17, 15) is 4.39 Å². The largest absolute Gasteiger partial charge is 0.316 e. The molecule has 19 heavy (non-hydrogen) atoms. The summed E-state index contributed by atoms with van der Waals surface area (Å²) in [4.78, 5) is 2.58. The number of hydrogen-bond donors (Lipinski definition) is 1. The van der Waals surface area contributed by atoms with Gasteiger partial charge in [-0.05, 0) is 49.0 Å². The van der Waals surface area contributed by atoms with Gasteiger partial charge in [-0.3, -0.25) is 4.90 Å². The molecule has 0 saturated carbocycles. The molecule has 0 bridgehead atoms. The summed E-state index contributed by atoms with van der Waals surface area (Å²) in [5, 5.41) is 3.51. The van der Waals surface area contributed by atoms with Crippen LogP contribution in [0.25, 0.3) is 0 Å². The van der Waals surface area contributed by atoms with Crippen LogP contribution in [0.5, 0.6) is 0 Å². The fraction of sp³-hybridized carbons (Fsp3) is 0.600. The topological polar surface area (TPSA) is 15.3 Å². The van der Waals surface area contributed by atoms with Crippen molar-refractivity contribution in [3.63, 3.8) is 0 Å². The fourth-order valence-corrected chi connectivity index (χ4v) is 4.20. The Morgan fingerprint density at radius 3 is 3.00 bits per heavy atom. The van der Waals surface area contributed by atoms with Crippen LogP contribution in [0.4, 0.5) is 4.39 Å². The van der Waals surface area contributed by atoms with Gasteiger partial charge >= 0.3 is 0 Å². The first kappa shape index (κ1) is 13.5. The Hall–Kier alpha value is -0.450. The lowest BCUT2D eigenvalue weighted by Gasteiger charge is -2.27. The number of rotatable bonds is 3. The highest BCUT2D eigenvalue weighted by atomic mass is 79.9. The molecule has 3 rings (SSSR count). The number of hydrogen-bond acceptors (Lipinski definition) is 2. The van der Waals surface area contributed by atoms with Gasteiger partial charge in [0.2, 0.25) is 0 Å². The average molecular weight is 327 g/mol. The van der Waals surface area contributed by atoms with Crippen LogP contribution in [0.3, 0.4) is 0 Å². The number of nitrogens with one attached hydrogen (secondary N) is 1. The fourth-order valence-electron chi connectivity index (χ4n) is 3.72. The molecule has 2 saturated heterocycles. The molecule has 2 fully saturated rings. The Morgan fingerprint density at radius 2 is 2.26 bits per heavy atom. The molecule has 0 spiro atoms. The number of nitrogens with zero attached hydrogens (tertiary/aromatic N) is 1. The first-order valence-electron chi connectivity index (χ1n) is 7.07. The van der Waals surface area contributed by atoms with Crippen LogP contribution in [-0.2, 0) is 6.54 Å². The quantitative estimate of drug-likeness (QED) is 0.918. The summed E-state index contributed by atoms with van der Waals surface area (Å²) < 4.78 is 14.0. The van der Waals surface area contributed by atoms with E-state index in [1.807, 2.05) is 6.07 Å². The molecule has 2 nitrogen and oxygen atoms in total. The molecule has 1 N–H and O–H groups in total. The van der Waals surface area contributed by atoms with Crippen molar-refractivity contribution in [2.24, 2.45) is 11.8 Å². The molecule has 104 valence electrons. The van der Waals surface area contributed by atoms with Crippen LogP contribution in [0.2, 0.25) is 0 Å². The molecule has 1 aromatic rings. The third kappa shape index (κ3) is 2.58. The highest BCUT2D eigenvalue weighted by molar-refractivity contribution is 9.10. The van der Waals surface area contributed by atoms with E-state index in [4.69, 9.17) is 0 Å². The normalized spacial score (nSPS) is 30.8. The Kier molecular flexibility index (Phi) is 3.92. The smallest absolute Gasteiger partial charge is 0.124 e. The van der Waals surface area contributed by atoms with Crippen molar-refractivity contribution >= 4 is 15.9 Å². The van der Waals surface area contributed by atoms with Crippen molar-refractivity contribution in [2.75, 3.05) is 19.6 Å². The lowest BCUT2D eigenvalue weighted by atomic mass is 9.93. The second-order valence-electron chi connectivity index (χ2n) is 5.72. The van der Waals surface area contributed by atoms with Gasteiger partial charge in [-0.25, -0.2) is 4.39 Å². The van der Waals surface area contributed by atoms with Crippen LogP contribution in [0, 0.1) is 17.7 Å². The first-order chi connectivity index (χ1) is 9.19. The minimum Gasteiger partial charge on any atom is -0.316 e. The number of likely N-dealkylation sites (tertiary alicyclic amines) is 1. The SMILES string of the molecule is CCC1C2CNCC2CN1Cc1ccc(F)cc1Br. The van der Waals surface area contributed by atoms with E-state index in [0.29, 0.717) is 6.04 Å². The van der Waals surface area contributed by atoms with Gasteiger partial charge in [0.15, 0.2) is 0 Å². The van der Waals surface area contributed by atoms with Crippen molar-refractivity contribution in [3.05, 3.63) is 34.1 Å². The second-order valence-corrected chi connectivity index (χ2v) is 6.58. The maximum atomic E-state index is 13.1. The summed E-state index contributed by atoms with van der Waals surface area (Å²) in [5.41, 5.74) is 1.19. The van der Waals surface area contributed by atoms with Crippen LogP contribution >= 0.6 is 15.9 Å². The van der Waals surface area contributed by atoms with Crippen molar-refractivity contribution in [1.29, 1.82) is 0 Å². The first-order valence-corrected chi connectivity index (χ1v) is 7.87. The van der Waals surface area contributed by atoms with Gasteiger partial charge in [0.25, 0.3) is 0 Å². The van der Waals surface area contributed by atoms with Gasteiger partial charge in [0.1, 0.15) is 5.82 Å². The maximum absolute atomic E-state index is 13.1. The number of benzene rings is 1. The predicted molar refractivity (Wildman–Crippen MR) is 78.4 cm³/mol. The second kappa shape index (κ2) is 5.51. The van der Waals surface area contributed by atoms with Crippen molar-refractivity contribution in [1.82, 2.24) is 10.2 Å². The van der Waals surface area contributed by atoms with Crippen LogP contribution in [0.1, 0.15) is 18.9 Å². The van der Waals surface area contributed by atoms with E-state index in [-0.39, 0.29) is 5.82 Å². The summed E-state index contributed by atoms with van der Waals surface area (Å²) in [6.45, 7) is 6.68. The molecule has 4 heteroatoms. The third-order valence-electron chi connectivity index (χ3n) is 4.63. The molecule has 3 atom stereocenters. The molecule has 0 amide bonds. The molecule has 1 aromatic carbocycles. The Bertz CT molecular complexity index is 465. The van der Waals surface area contributed by atoms with Crippen molar-refractivity contribution < 1.29 is 4.39 Å². The van der Waals surface area contributed by atoms with Crippen molar-refractivity contribution in [2.45, 2.75) is 25.9 Å². The molecule has 0 aliphatic carbocycles. The summed E-state index contributed by atoms with van der Waals surface area (Å²) >= 11 is 3.48. The van der Waals surface area contributed by atoms with E-state index in [1.165, 1.54) is 18.5 Å². The van der Waals surface area contributed by atoms with Gasteiger partial charge in [0, 0.05) is 23.6 Å². The number of halogens is 2. The zero-order valence-corrected chi connectivity index (χ0v) is 12.8. The third-order valence-corrected chi connectivity index (χ3v) is 5.37. The summed E-state index contributed by atoms with van der Waals surface area (Å²) in [5.74, 6) is 1.42. The lowest BCUT2D eigenvalue weighted by molar-refractivity contribution is 0.210. The molecule has 0 radical (unpaired) electrons. The molecular weight excluding hydrogens is 307 g/mol. The van der Waals surface area contributed by atoms with Gasteiger partial charge < -0.3 is 5.32 Å². The summed E-state index contributed by atoms with van der Waals surface area (Å²) in [7, 11) is 0. The lowest BCUT2D eigenvalue weighted by Crippen LogP contribution is -2.34. The molecule has 2 aliphatic heterocycles. The Balaban J connectivity index is 1.76. The van der Waals surface area contributed by atoms with Crippen LogP contribution in [-0.4, -0.2) is 30.6 Å². The highest BCUT2D eigenvalue weighted by Crippen LogP contribution is 2.35. The molecule has 0 aromatic heterocycles. The summed E-state index contributed by atoms with van der Waals surface area (Å²) in [6, 6.07) is 5.68. The van der Waals surface area contributed by atoms with Gasteiger partial charge in [0.05, 0.1) is 0 Å². The van der Waals surface area contributed by atoms with Crippen LogP contribution < -0.4 is 5.32 Å². The van der Waals surface area contributed by atoms with E-state index >= 15 is 0 Å². The zero-order chi connectivity index (χ0) is 13.4. The number of fused-ring (bicyclic) bond motifs is 1. The van der Waals surface area contributed by atoms with Crippen molar-refractivity contribution in [3.8, 4) is 0 Å². The standard InChI is InChI=1S/C15H20BrFN2/c1-2-15-13-7-18-6-11(13)9-19(15)8-10-3-4-12(17)5-14(10)16/h3-5,11,13,15,18H,2,6-9H2,1H3. The Morgan fingerprint density at radius 1 is 1.42 bits per heavy atom. The van der Waals surface area contributed by atoms with Gasteiger partial charge in [-0.15, -0.1) is 0 Å². The minimum atomic E-state index is -0.176. The maximum Gasteiger partial charge on any atom is 0.124 e. The Labute approximate surface area is 122 Å². The van der Waals surface area contributed by atoms with Gasteiger partial charge in [-0.1, -0.05) is 28.9 Å². The van der Waals surface area contributed by atoms with Gasteiger partial charge in [-0.2, -0.15) is 0 Å². The predicted octanol–water partition coefficient (Wildman–Crippen LogP) is 3.02. The highest BCUT2D eigenvalue weighted by Gasteiger charge is 2.42. The van der Waals surface area contributed by atoms with E-state index in [0.717, 1.165) is 35.9 Å². The summed E-state index contributed by atoms with van der Waals surface area (Å²) in [6.07, 6.45) is 1.20. The monoisotopic (exact) mass is 326 g/mol. The van der Waals surface area contributed by atoms with E-state index in [1.54, 1.807) is 12.1 Å². The van der Waals surface area contributed by atoms with Crippen LogP contribution in [0.15, 0.2) is 22.7 Å². The minimum absolute atomic E-state index is 0.176.